The van der Waals surface area contributed by atoms with Gasteiger partial charge in [0, 0.05) is 31.7 Å². The number of hydrogen-bond acceptors (Lipinski definition) is 4. The first-order valence-corrected chi connectivity index (χ1v) is 11.0. The lowest BCUT2D eigenvalue weighted by Crippen LogP contribution is -2.43. The van der Waals surface area contributed by atoms with Crippen LogP contribution >= 0.6 is 24.0 Å². The molecule has 0 radical (unpaired) electrons. The van der Waals surface area contributed by atoms with Crippen molar-refractivity contribution in [2.75, 3.05) is 26.2 Å². The van der Waals surface area contributed by atoms with E-state index in [1.54, 1.807) is 12.5 Å². The monoisotopic (exact) mass is 547 g/mol. The summed E-state index contributed by atoms with van der Waals surface area (Å²) >= 11 is 0. The van der Waals surface area contributed by atoms with E-state index in [9.17, 15) is 0 Å². The van der Waals surface area contributed by atoms with Crippen LogP contribution in [0, 0.1) is 0 Å². The molecule has 8 heteroatoms. The Morgan fingerprint density at radius 1 is 1.06 bits per heavy atom. The van der Waals surface area contributed by atoms with Crippen molar-refractivity contribution in [3.05, 3.63) is 78.5 Å². The Hall–Kier alpha value is -2.46. The molecule has 0 fully saturated rings. The molecule has 0 saturated carbocycles. The van der Waals surface area contributed by atoms with Crippen molar-refractivity contribution in [2.24, 2.45) is 4.99 Å². The zero-order valence-corrected chi connectivity index (χ0v) is 21.4. The Morgan fingerprint density at radius 3 is 2.44 bits per heavy atom. The number of halogens is 1. The number of aromatic nitrogens is 3. The summed E-state index contributed by atoms with van der Waals surface area (Å²) in [5.41, 5.74) is 2.37. The molecule has 3 rings (SSSR count). The van der Waals surface area contributed by atoms with E-state index in [4.69, 9.17) is 4.99 Å². The fourth-order valence-corrected chi connectivity index (χ4v) is 3.56. The third-order valence-corrected chi connectivity index (χ3v) is 5.24. The van der Waals surface area contributed by atoms with Crippen molar-refractivity contribution in [3.8, 4) is 5.82 Å². The Morgan fingerprint density at radius 2 is 1.84 bits per heavy atom. The molecule has 0 amide bonds. The number of nitrogens with one attached hydrogen (secondary N) is 2. The first-order chi connectivity index (χ1) is 15.2. The van der Waals surface area contributed by atoms with Crippen LogP contribution < -0.4 is 10.6 Å². The zero-order valence-electron chi connectivity index (χ0n) is 19.1. The lowest BCUT2D eigenvalue weighted by molar-refractivity contribution is 0.219. The summed E-state index contributed by atoms with van der Waals surface area (Å²) in [5.74, 6) is 1.66. The number of aliphatic imine (C=N–C) groups is 1. The van der Waals surface area contributed by atoms with E-state index in [0.717, 1.165) is 43.5 Å². The lowest BCUT2D eigenvalue weighted by Gasteiger charge is -2.30. The fourth-order valence-electron chi connectivity index (χ4n) is 3.56. The minimum Gasteiger partial charge on any atom is -0.357 e. The van der Waals surface area contributed by atoms with Crippen LogP contribution in [-0.4, -0.2) is 51.6 Å². The number of likely N-dealkylation sites (N-methyl/N-ethyl adjacent to an activating group) is 1. The van der Waals surface area contributed by atoms with Crippen LogP contribution in [0.2, 0.25) is 0 Å². The maximum atomic E-state index is 4.77. The number of guanidine groups is 1. The fraction of sp³-hybridized carbons (Fsp3) is 0.375. The zero-order chi connectivity index (χ0) is 21.9. The molecule has 0 saturated heterocycles. The van der Waals surface area contributed by atoms with Crippen LogP contribution in [0.25, 0.3) is 5.82 Å². The smallest absolute Gasteiger partial charge is 0.191 e. The molecule has 1 atom stereocenters. The second kappa shape index (κ2) is 13.8. The summed E-state index contributed by atoms with van der Waals surface area (Å²) in [4.78, 5) is 15.8. The van der Waals surface area contributed by atoms with Crippen LogP contribution in [-0.2, 0) is 6.54 Å². The second-order valence-corrected chi connectivity index (χ2v) is 7.22. The van der Waals surface area contributed by atoms with Crippen LogP contribution in [0.3, 0.4) is 0 Å². The van der Waals surface area contributed by atoms with Gasteiger partial charge in [-0.15, -0.1) is 24.0 Å². The number of benzene rings is 1. The number of hydrogen-bond donors (Lipinski definition) is 2. The van der Waals surface area contributed by atoms with E-state index in [1.165, 1.54) is 5.56 Å². The predicted octanol–water partition coefficient (Wildman–Crippen LogP) is 4.02. The van der Waals surface area contributed by atoms with E-state index >= 15 is 0 Å². The highest BCUT2D eigenvalue weighted by atomic mass is 127. The van der Waals surface area contributed by atoms with Crippen molar-refractivity contribution in [2.45, 2.75) is 33.4 Å². The highest BCUT2D eigenvalue weighted by Crippen LogP contribution is 2.19. The van der Waals surface area contributed by atoms with Gasteiger partial charge in [0.2, 0.25) is 0 Å². The molecular formula is C24H34IN7. The van der Waals surface area contributed by atoms with E-state index in [0.29, 0.717) is 6.54 Å². The molecule has 0 bridgehead atoms. The molecule has 1 aromatic carbocycles. The average molecular weight is 547 g/mol. The quantitative estimate of drug-likeness (QED) is 0.228. The van der Waals surface area contributed by atoms with Gasteiger partial charge in [-0.2, -0.15) is 0 Å². The van der Waals surface area contributed by atoms with E-state index in [2.05, 4.69) is 82.7 Å². The highest BCUT2D eigenvalue weighted by molar-refractivity contribution is 14.0. The molecule has 2 aromatic heterocycles. The normalized spacial score (nSPS) is 12.3. The summed E-state index contributed by atoms with van der Waals surface area (Å²) in [6, 6.07) is 15.0. The van der Waals surface area contributed by atoms with Crippen molar-refractivity contribution in [1.82, 2.24) is 30.1 Å². The maximum Gasteiger partial charge on any atom is 0.191 e. The van der Waals surface area contributed by atoms with Crippen molar-refractivity contribution < 1.29 is 0 Å². The van der Waals surface area contributed by atoms with Gasteiger partial charge in [0.15, 0.2) is 5.96 Å². The number of nitrogens with zero attached hydrogens (tertiary/aromatic N) is 5. The van der Waals surface area contributed by atoms with Gasteiger partial charge < -0.3 is 10.6 Å². The number of pyridine rings is 1. The molecule has 0 aliphatic heterocycles. The van der Waals surface area contributed by atoms with Crippen LogP contribution in [0.15, 0.2) is 72.4 Å². The Kier molecular flexibility index (Phi) is 11.2. The molecule has 172 valence electrons. The van der Waals surface area contributed by atoms with Crippen LogP contribution in [0.5, 0.6) is 0 Å². The lowest BCUT2D eigenvalue weighted by atomic mass is 10.1. The van der Waals surface area contributed by atoms with Crippen molar-refractivity contribution in [1.29, 1.82) is 0 Å². The number of imidazole rings is 1. The summed E-state index contributed by atoms with van der Waals surface area (Å²) < 4.78 is 1.88. The molecule has 1 unspecified atom stereocenters. The molecular weight excluding hydrogens is 513 g/mol. The largest absolute Gasteiger partial charge is 0.357 e. The van der Waals surface area contributed by atoms with Gasteiger partial charge in [-0.05, 0) is 37.2 Å². The first kappa shape index (κ1) is 25.8. The predicted molar refractivity (Wildman–Crippen MR) is 142 cm³/mol. The van der Waals surface area contributed by atoms with Gasteiger partial charge in [0.1, 0.15) is 12.1 Å². The molecule has 0 aliphatic carbocycles. The molecule has 2 heterocycles. The van der Waals surface area contributed by atoms with Gasteiger partial charge >= 0.3 is 0 Å². The van der Waals surface area contributed by atoms with E-state index in [1.807, 2.05) is 23.0 Å². The summed E-state index contributed by atoms with van der Waals surface area (Å²) in [6.45, 7) is 10.7. The summed E-state index contributed by atoms with van der Waals surface area (Å²) in [7, 11) is 0. The second-order valence-electron chi connectivity index (χ2n) is 7.22. The summed E-state index contributed by atoms with van der Waals surface area (Å²) in [5, 5.41) is 6.89. The van der Waals surface area contributed by atoms with Gasteiger partial charge in [-0.1, -0.05) is 50.2 Å². The van der Waals surface area contributed by atoms with Crippen molar-refractivity contribution in [3.63, 3.8) is 0 Å². The summed E-state index contributed by atoms with van der Waals surface area (Å²) in [6.07, 6.45) is 7.24. The van der Waals surface area contributed by atoms with Crippen LogP contribution in [0.1, 0.15) is 37.9 Å². The molecule has 32 heavy (non-hydrogen) atoms. The van der Waals surface area contributed by atoms with E-state index in [-0.39, 0.29) is 30.0 Å². The maximum absolute atomic E-state index is 4.77. The molecule has 2 N–H and O–H groups in total. The highest BCUT2D eigenvalue weighted by Gasteiger charge is 2.18. The standard InChI is InChI=1S/C24H33N7.HI/c1-4-26-24(28-17-20-12-13-23(27-16-20)31-15-14-25-19-31)29-18-22(30(5-2)6-3)21-10-8-7-9-11-21;/h7-16,19,22H,4-6,17-18H2,1-3H3,(H2,26,28,29);1H. The molecule has 0 aliphatic rings. The van der Waals surface area contributed by atoms with Gasteiger partial charge in [0.05, 0.1) is 12.6 Å². The molecule has 0 spiro atoms. The molecule has 7 nitrogen and oxygen atoms in total. The number of rotatable bonds is 10. The Bertz CT molecular complexity index is 907. The van der Waals surface area contributed by atoms with E-state index < -0.39 is 0 Å². The van der Waals surface area contributed by atoms with Crippen molar-refractivity contribution >= 4 is 29.9 Å². The van der Waals surface area contributed by atoms with Gasteiger partial charge in [0.25, 0.3) is 0 Å². The molecule has 3 aromatic rings. The van der Waals surface area contributed by atoms with Gasteiger partial charge in [-0.25, -0.2) is 15.0 Å². The topological polar surface area (TPSA) is 70.4 Å². The first-order valence-electron chi connectivity index (χ1n) is 11.0. The minimum atomic E-state index is 0. The third kappa shape index (κ3) is 7.30. The van der Waals surface area contributed by atoms with Crippen LogP contribution in [0.4, 0.5) is 0 Å². The minimum absolute atomic E-state index is 0. The average Bonchev–Trinajstić information content (AvgIpc) is 3.36. The Labute approximate surface area is 208 Å². The third-order valence-electron chi connectivity index (χ3n) is 5.24. The van der Waals surface area contributed by atoms with Gasteiger partial charge in [-0.3, -0.25) is 9.47 Å². The Balaban J connectivity index is 0.00000363. The SMILES string of the molecule is CCNC(=NCc1ccc(-n2ccnc2)nc1)NCC(c1ccccc1)N(CC)CC.I.